The number of ether oxygens (including phenoxy) is 1. The van der Waals surface area contributed by atoms with Gasteiger partial charge in [-0.15, -0.1) is 23.1 Å². The smallest absolute Gasteiger partial charge is 0.368 e. The molecule has 2 aromatic heterocycles. The van der Waals surface area contributed by atoms with Crippen LogP contribution < -0.4 is 22.1 Å². The fraction of sp³-hybridized carbons (Fsp3) is 0.393. The molecule has 44 heavy (non-hydrogen) atoms. The Labute approximate surface area is 257 Å². The number of rotatable bonds is 7. The number of benzene rings is 1. The monoisotopic (exact) mass is 650 g/mol. The summed E-state index contributed by atoms with van der Waals surface area (Å²) in [6.07, 6.45) is -4.44. The van der Waals surface area contributed by atoms with Crippen LogP contribution in [0.25, 0.3) is 21.3 Å². The summed E-state index contributed by atoms with van der Waals surface area (Å²) in [4.78, 5) is 57.6. The molecule has 16 heteroatoms. The average molecular weight is 651 g/mol. The Morgan fingerprint density at radius 2 is 1.86 bits per heavy atom. The number of thiophene rings is 1. The minimum atomic E-state index is -4.87. The first kappa shape index (κ1) is 31.5. The number of primary amides is 2. The molecule has 1 aromatic carbocycles. The molecule has 0 aliphatic carbocycles. The molecule has 3 atom stereocenters. The number of anilines is 1. The molecular formula is C28H29F3N6O5S2. The van der Waals surface area contributed by atoms with Gasteiger partial charge in [0.15, 0.2) is 0 Å². The molecule has 3 amide bonds. The van der Waals surface area contributed by atoms with Gasteiger partial charge in [-0.25, -0.2) is 4.79 Å². The normalized spacial score (nSPS) is 20.4. The zero-order valence-electron chi connectivity index (χ0n) is 23.7. The summed E-state index contributed by atoms with van der Waals surface area (Å²) >= 11 is 1.94. The van der Waals surface area contributed by atoms with Gasteiger partial charge in [0.2, 0.25) is 17.7 Å². The minimum absolute atomic E-state index is 0.0156. The summed E-state index contributed by atoms with van der Waals surface area (Å²) in [6.45, 7) is 6.98. The number of nitrogens with two attached hydrogens (primary N) is 2. The van der Waals surface area contributed by atoms with Gasteiger partial charge < -0.3 is 26.0 Å². The van der Waals surface area contributed by atoms with E-state index in [0.717, 1.165) is 29.2 Å². The number of halogens is 3. The highest BCUT2D eigenvalue weighted by molar-refractivity contribution is 7.99. The maximum Gasteiger partial charge on any atom is 0.417 e. The van der Waals surface area contributed by atoms with Crippen LogP contribution in [0.4, 0.5) is 19.0 Å². The standard InChI is InChI=1S/C28H29F3N6O5S2/c1-4-20(39)37-13(2)8-35(9-14(37)3)26-17-7-18(28(29,30)31)21(23-16(25(33)40)5-6-43-23)24-22(17)36(27(41)34-26)10-15(12-44-24)42-11-19(32)38/h4-7,13-15H,1,8-12H2,2-3H3,(H2,32,38)(H2,33,40)/t13-,14+,15?. The maximum absolute atomic E-state index is 14.9. The summed E-state index contributed by atoms with van der Waals surface area (Å²) in [5.41, 5.74) is 8.86. The van der Waals surface area contributed by atoms with Crippen molar-refractivity contribution in [2.75, 3.05) is 30.3 Å². The van der Waals surface area contributed by atoms with Crippen LogP contribution in [-0.2, 0) is 27.0 Å². The zero-order valence-corrected chi connectivity index (χ0v) is 25.4. The topological polar surface area (TPSA) is 154 Å². The van der Waals surface area contributed by atoms with E-state index >= 15 is 0 Å². The average Bonchev–Trinajstić information content (AvgIpc) is 3.35. The van der Waals surface area contributed by atoms with E-state index in [1.165, 1.54) is 22.1 Å². The fourth-order valence-corrected chi connectivity index (χ4v) is 8.16. The van der Waals surface area contributed by atoms with Gasteiger partial charge in [0.25, 0.3) is 0 Å². The molecular weight excluding hydrogens is 621 g/mol. The second-order valence-electron chi connectivity index (χ2n) is 10.6. The maximum atomic E-state index is 14.9. The van der Waals surface area contributed by atoms with Crippen molar-refractivity contribution in [2.24, 2.45) is 11.5 Å². The lowest BCUT2D eigenvalue weighted by atomic mass is 9.98. The second kappa shape index (κ2) is 11.9. The highest BCUT2D eigenvalue weighted by Crippen LogP contribution is 2.50. The van der Waals surface area contributed by atoms with E-state index in [9.17, 15) is 32.3 Å². The first-order valence-electron chi connectivity index (χ1n) is 13.5. The molecule has 234 valence electrons. The van der Waals surface area contributed by atoms with E-state index in [0.29, 0.717) is 0 Å². The number of piperazine rings is 1. The summed E-state index contributed by atoms with van der Waals surface area (Å²) in [7, 11) is 0. The van der Waals surface area contributed by atoms with Crippen molar-refractivity contribution in [1.82, 2.24) is 14.5 Å². The number of amides is 3. The molecule has 1 saturated heterocycles. The van der Waals surface area contributed by atoms with E-state index in [2.05, 4.69) is 11.6 Å². The fourth-order valence-electron chi connectivity index (χ4n) is 5.86. The molecule has 0 radical (unpaired) electrons. The van der Waals surface area contributed by atoms with Crippen LogP contribution in [0.15, 0.2) is 39.9 Å². The van der Waals surface area contributed by atoms with Crippen molar-refractivity contribution in [1.29, 1.82) is 0 Å². The van der Waals surface area contributed by atoms with Crippen LogP contribution in [-0.4, -0.2) is 75.8 Å². The van der Waals surface area contributed by atoms with Gasteiger partial charge in [-0.05, 0) is 37.4 Å². The van der Waals surface area contributed by atoms with Gasteiger partial charge in [0.05, 0.1) is 29.3 Å². The highest BCUT2D eigenvalue weighted by atomic mass is 32.2. The van der Waals surface area contributed by atoms with Crippen molar-refractivity contribution >= 4 is 57.5 Å². The van der Waals surface area contributed by atoms with Crippen LogP contribution in [0.5, 0.6) is 0 Å². The molecule has 4 heterocycles. The molecule has 4 N–H and O–H groups in total. The number of hydrogen-bond donors (Lipinski definition) is 2. The number of nitrogens with zero attached hydrogens (tertiary/aromatic N) is 4. The molecule has 0 saturated carbocycles. The Kier molecular flexibility index (Phi) is 8.52. The van der Waals surface area contributed by atoms with Crippen LogP contribution in [0.3, 0.4) is 0 Å². The Hall–Kier alpha value is -3.89. The summed E-state index contributed by atoms with van der Waals surface area (Å²) in [5, 5.41) is 1.55. The first-order valence-corrected chi connectivity index (χ1v) is 15.4. The number of alkyl halides is 3. The Morgan fingerprint density at radius 1 is 1.18 bits per heavy atom. The van der Waals surface area contributed by atoms with Crippen molar-refractivity contribution in [2.45, 2.75) is 49.7 Å². The van der Waals surface area contributed by atoms with Gasteiger partial charge in [0, 0.05) is 51.6 Å². The Balaban J connectivity index is 1.81. The predicted molar refractivity (Wildman–Crippen MR) is 161 cm³/mol. The summed E-state index contributed by atoms with van der Waals surface area (Å²) in [6, 6.07) is 1.58. The highest BCUT2D eigenvalue weighted by Gasteiger charge is 2.40. The van der Waals surface area contributed by atoms with Crippen LogP contribution >= 0.6 is 23.1 Å². The summed E-state index contributed by atoms with van der Waals surface area (Å²) < 4.78 is 51.6. The largest absolute Gasteiger partial charge is 0.417 e. The van der Waals surface area contributed by atoms with Crippen molar-refractivity contribution in [3.8, 4) is 10.4 Å². The third-order valence-corrected chi connectivity index (χ3v) is 9.73. The first-order chi connectivity index (χ1) is 20.7. The SMILES string of the molecule is C=CC(=O)N1[C@H](C)CN(c2nc(=O)n3c4c(c(-c5sccc5C(N)=O)c(C(F)(F)F)cc24)SCC(OCC(N)=O)C3)C[C@@H]1C. The molecule has 1 fully saturated rings. The van der Waals surface area contributed by atoms with Gasteiger partial charge >= 0.3 is 11.9 Å². The van der Waals surface area contributed by atoms with E-state index in [1.54, 1.807) is 23.6 Å². The zero-order chi connectivity index (χ0) is 32.1. The van der Waals surface area contributed by atoms with Gasteiger partial charge in [0.1, 0.15) is 12.4 Å². The lowest BCUT2D eigenvalue weighted by Gasteiger charge is -2.44. The molecule has 11 nitrogen and oxygen atoms in total. The van der Waals surface area contributed by atoms with Gasteiger partial charge in [-0.2, -0.15) is 18.2 Å². The molecule has 0 bridgehead atoms. The summed E-state index contributed by atoms with van der Waals surface area (Å²) in [5.74, 6) is -1.81. The Morgan fingerprint density at radius 3 is 2.45 bits per heavy atom. The number of carbonyl (C=O) groups excluding carboxylic acids is 3. The number of hydrogen-bond acceptors (Lipinski definition) is 9. The number of carbonyl (C=O) groups is 3. The Bertz CT molecular complexity index is 1730. The molecule has 1 unspecified atom stereocenters. The quantitative estimate of drug-likeness (QED) is 0.370. The molecule has 5 rings (SSSR count). The third kappa shape index (κ3) is 5.68. The van der Waals surface area contributed by atoms with E-state index in [-0.39, 0.29) is 81.0 Å². The van der Waals surface area contributed by atoms with E-state index in [4.69, 9.17) is 16.2 Å². The lowest BCUT2D eigenvalue weighted by Crippen LogP contribution is -2.58. The number of aromatic nitrogens is 2. The molecule has 0 spiro atoms. The molecule has 2 aliphatic rings. The van der Waals surface area contributed by atoms with Crippen LogP contribution in [0.2, 0.25) is 0 Å². The van der Waals surface area contributed by atoms with Crippen LogP contribution in [0.1, 0.15) is 29.8 Å². The van der Waals surface area contributed by atoms with Gasteiger partial charge in [-0.1, -0.05) is 6.58 Å². The van der Waals surface area contributed by atoms with Crippen LogP contribution in [0, 0.1) is 0 Å². The predicted octanol–water partition coefficient (Wildman–Crippen LogP) is 2.83. The lowest BCUT2D eigenvalue weighted by molar-refractivity contribution is -0.137. The minimum Gasteiger partial charge on any atom is -0.368 e. The third-order valence-electron chi connectivity index (χ3n) is 7.57. The van der Waals surface area contributed by atoms with Crippen molar-refractivity contribution in [3.05, 3.63) is 51.8 Å². The van der Waals surface area contributed by atoms with E-state index < -0.39 is 42.0 Å². The van der Waals surface area contributed by atoms with Crippen molar-refractivity contribution < 1.29 is 32.3 Å². The molecule has 3 aromatic rings. The van der Waals surface area contributed by atoms with E-state index in [1.807, 2.05) is 0 Å². The molecule has 2 aliphatic heterocycles. The van der Waals surface area contributed by atoms with Crippen molar-refractivity contribution in [3.63, 3.8) is 0 Å². The number of thioether (sulfide) groups is 1. The second-order valence-corrected chi connectivity index (χ2v) is 12.6. The van der Waals surface area contributed by atoms with Gasteiger partial charge in [-0.3, -0.25) is 19.0 Å².